The Hall–Kier alpha value is -1.92. The van der Waals surface area contributed by atoms with Gasteiger partial charge in [0.15, 0.2) is 0 Å². The number of rotatable bonds is 6. The van der Waals surface area contributed by atoms with Gasteiger partial charge in [-0.25, -0.2) is 4.39 Å². The van der Waals surface area contributed by atoms with E-state index in [0.29, 0.717) is 0 Å². The van der Waals surface area contributed by atoms with Crippen molar-refractivity contribution in [1.29, 1.82) is 0 Å². The molecule has 0 saturated heterocycles. The van der Waals surface area contributed by atoms with Gasteiger partial charge in [0.2, 0.25) is 5.91 Å². The highest BCUT2D eigenvalue weighted by Gasteiger charge is 2.23. The number of anilines is 1. The van der Waals surface area contributed by atoms with Crippen molar-refractivity contribution in [2.24, 2.45) is 0 Å². The smallest absolute Gasteiger partial charge is 0.387 e. The Labute approximate surface area is 107 Å². The molecule has 0 bridgehead atoms. The third-order valence-electron chi connectivity index (χ3n) is 2.54. The quantitative estimate of drug-likeness (QED) is 0.835. The first-order chi connectivity index (χ1) is 9.04. The number of hydrogen-bond donors (Lipinski definition) is 2. The maximum atomic E-state index is 13.0. The molecule has 0 unspecified atom stereocenters. The third-order valence-corrected chi connectivity index (χ3v) is 2.54. The summed E-state index contributed by atoms with van der Waals surface area (Å²) in [7, 11) is 0. The van der Waals surface area contributed by atoms with E-state index in [1.807, 2.05) is 0 Å². The molecule has 1 fully saturated rings. The predicted octanol–water partition coefficient (Wildman–Crippen LogP) is 2.12. The van der Waals surface area contributed by atoms with Crippen molar-refractivity contribution in [2.45, 2.75) is 25.5 Å². The number of benzene rings is 1. The van der Waals surface area contributed by atoms with E-state index in [0.717, 1.165) is 31.0 Å². The zero-order valence-corrected chi connectivity index (χ0v) is 9.96. The van der Waals surface area contributed by atoms with Gasteiger partial charge in [-0.3, -0.25) is 4.79 Å². The van der Waals surface area contributed by atoms with Crippen LogP contribution in [0.5, 0.6) is 5.75 Å². The molecule has 1 saturated carbocycles. The zero-order chi connectivity index (χ0) is 13.8. The monoisotopic (exact) mass is 274 g/mol. The van der Waals surface area contributed by atoms with E-state index in [1.54, 1.807) is 0 Å². The minimum atomic E-state index is -3.01. The van der Waals surface area contributed by atoms with E-state index in [9.17, 15) is 18.0 Å². The molecule has 0 atom stereocenters. The van der Waals surface area contributed by atoms with Crippen LogP contribution in [0.4, 0.5) is 18.9 Å². The second-order valence-corrected chi connectivity index (χ2v) is 4.21. The lowest BCUT2D eigenvalue weighted by molar-refractivity contribution is -0.119. The van der Waals surface area contributed by atoms with E-state index >= 15 is 0 Å². The van der Waals surface area contributed by atoms with Crippen molar-refractivity contribution in [3.63, 3.8) is 0 Å². The molecule has 7 heteroatoms. The number of carbonyl (C=O) groups excluding carboxylic acids is 1. The van der Waals surface area contributed by atoms with Gasteiger partial charge in [-0.1, -0.05) is 0 Å². The number of halogens is 3. The number of alkyl halides is 2. The highest BCUT2D eigenvalue weighted by Crippen LogP contribution is 2.26. The Balaban J connectivity index is 1.96. The van der Waals surface area contributed by atoms with Gasteiger partial charge in [-0.05, 0) is 25.0 Å². The molecule has 1 aliphatic carbocycles. The SMILES string of the molecule is O=C(CNc1cc(F)ccc1OC(F)F)NC1CC1. The second-order valence-electron chi connectivity index (χ2n) is 4.21. The summed E-state index contributed by atoms with van der Waals surface area (Å²) in [5, 5.41) is 5.30. The van der Waals surface area contributed by atoms with Crippen LogP contribution >= 0.6 is 0 Å². The van der Waals surface area contributed by atoms with E-state index < -0.39 is 12.4 Å². The average molecular weight is 274 g/mol. The molecular weight excluding hydrogens is 261 g/mol. The van der Waals surface area contributed by atoms with E-state index in [4.69, 9.17) is 0 Å². The molecule has 104 valence electrons. The van der Waals surface area contributed by atoms with Crippen LogP contribution in [-0.4, -0.2) is 25.1 Å². The van der Waals surface area contributed by atoms with Gasteiger partial charge in [0.25, 0.3) is 0 Å². The molecule has 1 aromatic rings. The maximum absolute atomic E-state index is 13.0. The highest BCUT2D eigenvalue weighted by molar-refractivity contribution is 5.81. The molecule has 0 aromatic heterocycles. The number of nitrogens with one attached hydrogen (secondary N) is 2. The molecule has 1 aliphatic rings. The molecule has 19 heavy (non-hydrogen) atoms. The molecule has 1 aromatic carbocycles. The van der Waals surface area contributed by atoms with Crippen LogP contribution in [0.1, 0.15) is 12.8 Å². The Morgan fingerprint density at radius 1 is 1.42 bits per heavy atom. The average Bonchev–Trinajstić information content (AvgIpc) is 3.13. The Kier molecular flexibility index (Phi) is 4.13. The normalized spacial score (nSPS) is 14.3. The predicted molar refractivity (Wildman–Crippen MR) is 62.7 cm³/mol. The van der Waals surface area contributed by atoms with Gasteiger partial charge in [0.05, 0.1) is 12.2 Å². The van der Waals surface area contributed by atoms with Crippen LogP contribution in [0.15, 0.2) is 18.2 Å². The molecule has 0 radical (unpaired) electrons. The van der Waals surface area contributed by atoms with Crippen LogP contribution in [0.2, 0.25) is 0 Å². The van der Waals surface area contributed by atoms with Gasteiger partial charge >= 0.3 is 6.61 Å². The summed E-state index contributed by atoms with van der Waals surface area (Å²) in [5.41, 5.74) is 0.0197. The van der Waals surface area contributed by atoms with Crippen LogP contribution in [-0.2, 0) is 4.79 Å². The summed E-state index contributed by atoms with van der Waals surface area (Å²) >= 11 is 0. The molecule has 0 aliphatic heterocycles. The van der Waals surface area contributed by atoms with Crippen molar-refractivity contribution in [3.8, 4) is 5.75 Å². The van der Waals surface area contributed by atoms with Crippen LogP contribution in [0.25, 0.3) is 0 Å². The van der Waals surface area contributed by atoms with Gasteiger partial charge < -0.3 is 15.4 Å². The minimum Gasteiger partial charge on any atom is -0.433 e. The Morgan fingerprint density at radius 2 is 2.16 bits per heavy atom. The minimum absolute atomic E-state index is 0.0197. The lowest BCUT2D eigenvalue weighted by atomic mass is 10.3. The van der Waals surface area contributed by atoms with Crippen molar-refractivity contribution in [2.75, 3.05) is 11.9 Å². The Morgan fingerprint density at radius 3 is 2.79 bits per heavy atom. The number of amides is 1. The van der Waals surface area contributed by atoms with Crippen molar-refractivity contribution >= 4 is 11.6 Å². The summed E-state index contributed by atoms with van der Waals surface area (Å²) < 4.78 is 41.6. The number of hydrogen-bond acceptors (Lipinski definition) is 3. The van der Waals surface area contributed by atoms with Gasteiger partial charge in [0.1, 0.15) is 11.6 Å². The molecular formula is C12H13F3N2O2. The fourth-order valence-electron chi connectivity index (χ4n) is 1.52. The molecule has 2 rings (SSSR count). The lowest BCUT2D eigenvalue weighted by Crippen LogP contribution is -2.31. The summed E-state index contributed by atoms with van der Waals surface area (Å²) in [6.45, 7) is -3.13. The summed E-state index contributed by atoms with van der Waals surface area (Å²) in [6, 6.07) is 3.30. The van der Waals surface area contributed by atoms with Gasteiger partial charge in [0, 0.05) is 12.1 Å². The summed E-state index contributed by atoms with van der Waals surface area (Å²) in [6.07, 6.45) is 1.90. The highest BCUT2D eigenvalue weighted by atomic mass is 19.3. The third kappa shape index (κ3) is 4.35. The van der Waals surface area contributed by atoms with Crippen LogP contribution in [0, 0.1) is 5.82 Å². The molecule has 0 spiro atoms. The van der Waals surface area contributed by atoms with Crippen molar-refractivity contribution < 1.29 is 22.7 Å². The zero-order valence-electron chi connectivity index (χ0n) is 9.96. The topological polar surface area (TPSA) is 50.4 Å². The van der Waals surface area contributed by atoms with E-state index in [-0.39, 0.29) is 29.9 Å². The molecule has 4 nitrogen and oxygen atoms in total. The first-order valence-corrected chi connectivity index (χ1v) is 5.82. The molecule has 2 N–H and O–H groups in total. The maximum Gasteiger partial charge on any atom is 0.387 e. The lowest BCUT2D eigenvalue weighted by Gasteiger charge is -2.12. The standard InChI is InChI=1S/C12H13F3N2O2/c13-7-1-4-10(19-12(14)15)9(5-7)16-6-11(18)17-8-2-3-8/h1,4-5,8,12,16H,2-3,6H2,(H,17,18). The molecule has 1 amide bonds. The van der Waals surface area contributed by atoms with E-state index in [2.05, 4.69) is 15.4 Å². The number of carbonyl (C=O) groups is 1. The van der Waals surface area contributed by atoms with Gasteiger partial charge in [-0.2, -0.15) is 8.78 Å². The fourth-order valence-corrected chi connectivity index (χ4v) is 1.52. The molecule has 0 heterocycles. The summed E-state index contributed by atoms with van der Waals surface area (Å²) in [4.78, 5) is 11.4. The fraction of sp³-hybridized carbons (Fsp3) is 0.417. The first-order valence-electron chi connectivity index (χ1n) is 5.82. The number of ether oxygens (including phenoxy) is 1. The van der Waals surface area contributed by atoms with Crippen molar-refractivity contribution in [1.82, 2.24) is 5.32 Å². The van der Waals surface area contributed by atoms with E-state index in [1.165, 1.54) is 0 Å². The largest absolute Gasteiger partial charge is 0.433 e. The van der Waals surface area contributed by atoms with Crippen LogP contribution < -0.4 is 15.4 Å². The van der Waals surface area contributed by atoms with Crippen molar-refractivity contribution in [3.05, 3.63) is 24.0 Å². The van der Waals surface area contributed by atoms with Crippen LogP contribution in [0.3, 0.4) is 0 Å². The second kappa shape index (κ2) is 5.81. The first kappa shape index (κ1) is 13.5. The Bertz CT molecular complexity index is 464. The summed E-state index contributed by atoms with van der Waals surface area (Å²) in [5.74, 6) is -1.07. The van der Waals surface area contributed by atoms with Gasteiger partial charge in [-0.15, -0.1) is 0 Å².